The minimum atomic E-state index is -1.00. The third kappa shape index (κ3) is 6.38. The second kappa shape index (κ2) is 11.1. The van der Waals surface area contributed by atoms with Gasteiger partial charge in [0.1, 0.15) is 11.9 Å². The van der Waals surface area contributed by atoms with E-state index in [1.54, 1.807) is 6.26 Å². The summed E-state index contributed by atoms with van der Waals surface area (Å²) < 4.78 is 17.2. The van der Waals surface area contributed by atoms with Crippen molar-refractivity contribution >= 4 is 45.0 Å². The molecule has 3 heterocycles. The molecule has 0 saturated carbocycles. The van der Waals surface area contributed by atoms with Crippen LogP contribution in [0, 0.1) is 6.92 Å². The van der Waals surface area contributed by atoms with Gasteiger partial charge in [0.15, 0.2) is 5.13 Å². The number of hydrogen-bond acceptors (Lipinski definition) is 9. The predicted octanol–water partition coefficient (Wildman–Crippen LogP) is 4.24. The fraction of sp³-hybridized carbons (Fsp3) is 0.417. The Labute approximate surface area is 206 Å². The molecule has 1 N–H and O–H groups in total. The van der Waals surface area contributed by atoms with E-state index in [2.05, 4.69) is 15.2 Å². The Morgan fingerprint density at radius 2 is 1.94 bits per heavy atom. The van der Waals surface area contributed by atoms with Gasteiger partial charge in [0.2, 0.25) is 5.95 Å². The number of ether oxygens (including phenoxy) is 1. The monoisotopic (exact) mass is 499 g/mol. The van der Waals surface area contributed by atoms with Crippen LogP contribution >= 0.6 is 11.3 Å². The number of aromatic nitrogens is 3. The molecule has 10 heteroatoms. The van der Waals surface area contributed by atoms with Crippen LogP contribution in [-0.4, -0.2) is 50.6 Å². The highest BCUT2D eigenvalue weighted by Gasteiger charge is 2.23. The van der Waals surface area contributed by atoms with Gasteiger partial charge < -0.3 is 9.64 Å². The second-order valence-electron chi connectivity index (χ2n) is 8.26. The van der Waals surface area contributed by atoms with Crippen molar-refractivity contribution < 1.29 is 13.7 Å². The number of carbonyl (C=O) groups is 1. The van der Waals surface area contributed by atoms with Crippen LogP contribution in [0.1, 0.15) is 43.1 Å². The number of anilines is 3. The first-order valence-electron chi connectivity index (χ1n) is 11.3. The Morgan fingerprint density at radius 1 is 1.21 bits per heavy atom. The van der Waals surface area contributed by atoms with Crippen LogP contribution in [0.2, 0.25) is 0 Å². The van der Waals surface area contributed by atoms with Crippen molar-refractivity contribution in [1.82, 2.24) is 15.0 Å². The Balaban J connectivity index is 1.54. The lowest BCUT2D eigenvalue weighted by molar-refractivity contribution is -0.149. The van der Waals surface area contributed by atoms with Crippen molar-refractivity contribution in [2.24, 2.45) is 0 Å². The van der Waals surface area contributed by atoms with Gasteiger partial charge in [-0.3, -0.25) is 14.3 Å². The summed E-state index contributed by atoms with van der Waals surface area (Å²) in [5.41, 5.74) is 2.91. The van der Waals surface area contributed by atoms with Crippen LogP contribution in [0.4, 0.5) is 16.9 Å². The molecule has 1 aliphatic heterocycles. The van der Waals surface area contributed by atoms with Crippen LogP contribution in [0.25, 0.3) is 0 Å². The van der Waals surface area contributed by atoms with Gasteiger partial charge in [-0.05, 0) is 24.6 Å². The van der Waals surface area contributed by atoms with Crippen LogP contribution in [0.15, 0.2) is 40.6 Å². The molecule has 0 bridgehead atoms. The number of aryl methyl sites for hydroxylation is 1. The molecule has 180 valence electrons. The molecule has 4 rings (SSSR count). The van der Waals surface area contributed by atoms with Gasteiger partial charge in [0.05, 0.1) is 11.4 Å². The second-order valence-corrected chi connectivity index (χ2v) is 10.5. The molecule has 0 amide bonds. The Kier molecular flexibility index (Phi) is 7.89. The maximum Gasteiger partial charge on any atom is 0.305 e. The summed E-state index contributed by atoms with van der Waals surface area (Å²) in [7, 11) is -1.00. The van der Waals surface area contributed by atoms with E-state index in [-0.39, 0.29) is 12.1 Å². The number of thiazole rings is 1. The number of hydrogen-bond donors (Lipinski definition) is 1. The van der Waals surface area contributed by atoms with Gasteiger partial charge in [-0.1, -0.05) is 19.1 Å². The molecular formula is C24H29N5O3S2. The molecule has 0 aliphatic carbocycles. The summed E-state index contributed by atoms with van der Waals surface area (Å²) in [6.45, 7) is 5.27. The van der Waals surface area contributed by atoms with Gasteiger partial charge in [-0.25, -0.2) is 9.97 Å². The zero-order chi connectivity index (χ0) is 24.1. The number of rotatable bonds is 8. The Hall–Kier alpha value is -2.85. The predicted molar refractivity (Wildman–Crippen MR) is 135 cm³/mol. The van der Waals surface area contributed by atoms with Crippen LogP contribution in [-0.2, 0) is 26.8 Å². The fourth-order valence-electron chi connectivity index (χ4n) is 3.78. The summed E-state index contributed by atoms with van der Waals surface area (Å²) in [6, 6.07) is 9.79. The number of carbonyl (C=O) groups excluding carboxylic acids is 1. The van der Waals surface area contributed by atoms with Gasteiger partial charge >= 0.3 is 5.97 Å². The van der Waals surface area contributed by atoms with Gasteiger partial charge in [-0.15, -0.1) is 11.3 Å². The van der Waals surface area contributed by atoms with Gasteiger partial charge in [-0.2, -0.15) is 4.98 Å². The van der Waals surface area contributed by atoms with Crippen molar-refractivity contribution in [2.75, 3.05) is 29.6 Å². The summed E-state index contributed by atoms with van der Waals surface area (Å²) in [4.78, 5) is 28.6. The van der Waals surface area contributed by atoms with Crippen LogP contribution in [0.3, 0.4) is 0 Å². The maximum atomic E-state index is 11.7. The van der Waals surface area contributed by atoms with E-state index < -0.39 is 10.8 Å². The molecular weight excluding hydrogens is 470 g/mol. The van der Waals surface area contributed by atoms with Crippen molar-refractivity contribution in [3.63, 3.8) is 0 Å². The van der Waals surface area contributed by atoms with Crippen LogP contribution in [0.5, 0.6) is 0 Å². The molecule has 0 radical (unpaired) electrons. The SMILES string of the molecule is CCC(=O)OC1CCN(c2cc(Cc3ccc(S(C)=O)cc3)nc(Nc3nc(C)cs3)n2)CC1. The van der Waals surface area contributed by atoms with Crippen molar-refractivity contribution in [1.29, 1.82) is 0 Å². The molecule has 3 aromatic rings. The average molecular weight is 500 g/mol. The van der Waals surface area contributed by atoms with Gasteiger partial charge in [0, 0.05) is 72.2 Å². The first-order chi connectivity index (χ1) is 16.4. The molecule has 1 unspecified atom stereocenters. The maximum absolute atomic E-state index is 11.7. The number of nitrogens with one attached hydrogen (secondary N) is 1. The smallest absolute Gasteiger partial charge is 0.305 e. The Morgan fingerprint density at radius 3 is 2.56 bits per heavy atom. The topological polar surface area (TPSA) is 97.3 Å². The third-order valence-corrected chi connectivity index (χ3v) is 7.41. The first-order valence-corrected chi connectivity index (χ1v) is 13.8. The lowest BCUT2D eigenvalue weighted by Gasteiger charge is -2.32. The third-order valence-electron chi connectivity index (χ3n) is 5.60. The highest BCUT2D eigenvalue weighted by molar-refractivity contribution is 7.84. The molecule has 1 fully saturated rings. The molecule has 1 atom stereocenters. The normalized spacial score (nSPS) is 15.2. The van der Waals surface area contributed by atoms with Crippen molar-refractivity contribution in [3.05, 3.63) is 52.7 Å². The zero-order valence-corrected chi connectivity index (χ0v) is 21.2. The number of nitrogens with zero attached hydrogens (tertiary/aromatic N) is 4. The van der Waals surface area contributed by atoms with E-state index in [9.17, 15) is 9.00 Å². The van der Waals surface area contributed by atoms with Crippen molar-refractivity contribution in [3.8, 4) is 0 Å². The molecule has 0 spiro atoms. The highest BCUT2D eigenvalue weighted by atomic mass is 32.2. The largest absolute Gasteiger partial charge is 0.462 e. The summed E-state index contributed by atoms with van der Waals surface area (Å²) in [6.07, 6.45) is 4.21. The number of benzene rings is 1. The lowest BCUT2D eigenvalue weighted by atomic mass is 10.1. The van der Waals surface area contributed by atoms with E-state index >= 15 is 0 Å². The molecule has 1 aromatic carbocycles. The molecule has 2 aromatic heterocycles. The zero-order valence-electron chi connectivity index (χ0n) is 19.6. The lowest BCUT2D eigenvalue weighted by Crippen LogP contribution is -2.38. The summed E-state index contributed by atoms with van der Waals surface area (Å²) in [5, 5.41) is 5.98. The summed E-state index contributed by atoms with van der Waals surface area (Å²) in [5.74, 6) is 1.20. The summed E-state index contributed by atoms with van der Waals surface area (Å²) >= 11 is 1.51. The minimum Gasteiger partial charge on any atom is -0.462 e. The van der Waals surface area contributed by atoms with E-state index in [1.165, 1.54) is 11.3 Å². The molecule has 34 heavy (non-hydrogen) atoms. The number of esters is 1. The standard InChI is InChI=1S/C24H29N5O3S2/c1-4-22(30)32-19-9-11-29(12-10-19)21-14-18(13-17-5-7-20(8-6-17)34(3)31)26-23(27-21)28-24-25-16(2)15-33-24/h5-8,14-15,19H,4,9-13H2,1-3H3,(H,25,26,27,28). The highest BCUT2D eigenvalue weighted by Crippen LogP contribution is 2.25. The first kappa shape index (κ1) is 24.3. The van der Waals surface area contributed by atoms with E-state index in [4.69, 9.17) is 14.7 Å². The quantitative estimate of drug-likeness (QED) is 0.460. The van der Waals surface area contributed by atoms with Gasteiger partial charge in [0.25, 0.3) is 0 Å². The van der Waals surface area contributed by atoms with Crippen molar-refractivity contribution in [2.45, 2.75) is 50.5 Å². The molecule has 1 saturated heterocycles. The van der Waals surface area contributed by atoms with E-state index in [0.717, 1.165) is 58.7 Å². The number of piperidine rings is 1. The Bertz CT molecular complexity index is 1160. The average Bonchev–Trinajstić information content (AvgIpc) is 3.24. The van der Waals surface area contributed by atoms with E-state index in [1.807, 2.05) is 49.6 Å². The van der Waals surface area contributed by atoms with E-state index in [0.29, 0.717) is 18.8 Å². The molecule has 8 nitrogen and oxygen atoms in total. The molecule has 1 aliphatic rings. The minimum absolute atomic E-state index is 0.0384. The van der Waals surface area contributed by atoms with Crippen LogP contribution < -0.4 is 10.2 Å². The fourth-order valence-corrected chi connectivity index (χ4v) is 4.98.